The Morgan fingerprint density at radius 1 is 0.846 bits per heavy atom. The maximum atomic E-state index is 10.1. The molecule has 4 rings (SSSR count). The summed E-state index contributed by atoms with van der Waals surface area (Å²) in [4.78, 5) is 9.34. The lowest BCUT2D eigenvalue weighted by Crippen LogP contribution is -2.28. The van der Waals surface area contributed by atoms with Gasteiger partial charge >= 0.3 is 0 Å². The van der Waals surface area contributed by atoms with E-state index in [9.17, 15) is 5.11 Å². The number of aromatic nitrogens is 2. The van der Waals surface area contributed by atoms with E-state index in [1.807, 2.05) is 66.7 Å². The molecule has 0 saturated heterocycles. The van der Waals surface area contributed by atoms with Crippen molar-refractivity contribution in [1.29, 1.82) is 0 Å². The standard InChI is InChI=1S/C21H22N4O/c26-18-13-7-12-17(18)23-20-14-19(22-16-10-5-2-6-11-16)24-21(25-20)15-8-3-1-4-9-15/h1-6,8-11,14,17-18,26H,7,12-13H2,(H2,22,23,24,25)/t17?,18-/m0/s1. The first-order valence-corrected chi connectivity index (χ1v) is 8.99. The first kappa shape index (κ1) is 16.5. The van der Waals surface area contributed by atoms with E-state index in [0.29, 0.717) is 5.82 Å². The number of benzene rings is 2. The van der Waals surface area contributed by atoms with Crippen LogP contribution in [0.4, 0.5) is 17.3 Å². The predicted molar refractivity (Wildman–Crippen MR) is 104 cm³/mol. The van der Waals surface area contributed by atoms with Gasteiger partial charge in [0.15, 0.2) is 5.82 Å². The summed E-state index contributed by atoms with van der Waals surface area (Å²) in [6.07, 6.45) is 2.50. The van der Waals surface area contributed by atoms with Crippen molar-refractivity contribution in [2.45, 2.75) is 31.4 Å². The minimum atomic E-state index is -0.323. The molecule has 5 heteroatoms. The third-order valence-corrected chi connectivity index (χ3v) is 4.62. The first-order chi connectivity index (χ1) is 12.8. The number of hydrogen-bond donors (Lipinski definition) is 3. The molecule has 1 fully saturated rings. The molecular weight excluding hydrogens is 324 g/mol. The van der Waals surface area contributed by atoms with Gasteiger partial charge in [-0.15, -0.1) is 0 Å². The molecule has 2 atom stereocenters. The van der Waals surface area contributed by atoms with Crippen LogP contribution in [0.1, 0.15) is 19.3 Å². The number of rotatable bonds is 5. The maximum absolute atomic E-state index is 10.1. The number of hydrogen-bond acceptors (Lipinski definition) is 5. The van der Waals surface area contributed by atoms with Crippen LogP contribution in [-0.4, -0.2) is 27.2 Å². The molecule has 132 valence electrons. The lowest BCUT2D eigenvalue weighted by atomic mass is 10.2. The minimum absolute atomic E-state index is 0.0399. The van der Waals surface area contributed by atoms with Gasteiger partial charge in [-0.1, -0.05) is 48.5 Å². The average Bonchev–Trinajstić information content (AvgIpc) is 3.08. The Kier molecular flexibility index (Phi) is 4.80. The van der Waals surface area contributed by atoms with E-state index in [1.165, 1.54) is 0 Å². The van der Waals surface area contributed by atoms with Gasteiger partial charge in [-0.05, 0) is 31.4 Å². The fourth-order valence-electron chi connectivity index (χ4n) is 3.27. The van der Waals surface area contributed by atoms with E-state index < -0.39 is 0 Å². The third-order valence-electron chi connectivity index (χ3n) is 4.62. The van der Waals surface area contributed by atoms with Gasteiger partial charge in [0.2, 0.25) is 0 Å². The maximum Gasteiger partial charge on any atom is 0.163 e. The van der Waals surface area contributed by atoms with Gasteiger partial charge in [0, 0.05) is 17.3 Å². The first-order valence-electron chi connectivity index (χ1n) is 8.99. The largest absolute Gasteiger partial charge is 0.391 e. The summed E-state index contributed by atoms with van der Waals surface area (Å²) in [5.41, 5.74) is 1.93. The van der Waals surface area contributed by atoms with Crippen LogP contribution in [0.3, 0.4) is 0 Å². The van der Waals surface area contributed by atoms with Gasteiger partial charge in [-0.2, -0.15) is 0 Å². The van der Waals surface area contributed by atoms with E-state index in [2.05, 4.69) is 20.6 Å². The third kappa shape index (κ3) is 3.83. The lowest BCUT2D eigenvalue weighted by Gasteiger charge is -2.18. The van der Waals surface area contributed by atoms with Crippen molar-refractivity contribution in [3.8, 4) is 11.4 Å². The zero-order chi connectivity index (χ0) is 17.8. The van der Waals surface area contributed by atoms with Crippen LogP contribution in [0.25, 0.3) is 11.4 Å². The van der Waals surface area contributed by atoms with E-state index >= 15 is 0 Å². The number of nitrogens with zero attached hydrogens (tertiary/aromatic N) is 2. The SMILES string of the molecule is O[C@H]1CCCC1Nc1cc(Nc2ccccc2)nc(-c2ccccc2)n1. The van der Waals surface area contributed by atoms with E-state index in [-0.39, 0.29) is 12.1 Å². The molecule has 0 aliphatic heterocycles. The van der Waals surface area contributed by atoms with Crippen LogP contribution in [0.5, 0.6) is 0 Å². The van der Waals surface area contributed by atoms with Crippen LogP contribution < -0.4 is 10.6 Å². The van der Waals surface area contributed by atoms with Crippen molar-refractivity contribution in [2.75, 3.05) is 10.6 Å². The van der Waals surface area contributed by atoms with Crippen molar-refractivity contribution in [3.63, 3.8) is 0 Å². The summed E-state index contributed by atoms with van der Waals surface area (Å²) in [6, 6.07) is 21.8. The van der Waals surface area contributed by atoms with Gasteiger partial charge in [-0.25, -0.2) is 9.97 Å². The van der Waals surface area contributed by atoms with Gasteiger partial charge in [0.25, 0.3) is 0 Å². The molecule has 1 aliphatic rings. The molecule has 1 aliphatic carbocycles. The Bertz CT molecular complexity index is 854. The van der Waals surface area contributed by atoms with Crippen molar-refractivity contribution in [2.24, 2.45) is 0 Å². The van der Waals surface area contributed by atoms with Crippen LogP contribution in [-0.2, 0) is 0 Å². The highest BCUT2D eigenvalue weighted by Crippen LogP contribution is 2.26. The summed E-state index contributed by atoms with van der Waals surface area (Å²) in [5, 5.41) is 16.8. The number of para-hydroxylation sites is 1. The smallest absolute Gasteiger partial charge is 0.163 e. The molecule has 0 amide bonds. The molecule has 26 heavy (non-hydrogen) atoms. The zero-order valence-corrected chi connectivity index (χ0v) is 14.5. The summed E-state index contributed by atoms with van der Waals surface area (Å²) in [6.45, 7) is 0. The second-order valence-electron chi connectivity index (χ2n) is 6.57. The van der Waals surface area contributed by atoms with E-state index in [4.69, 9.17) is 0 Å². The average molecular weight is 346 g/mol. The van der Waals surface area contributed by atoms with Crippen LogP contribution in [0.15, 0.2) is 66.7 Å². The van der Waals surface area contributed by atoms with Crippen molar-refractivity contribution >= 4 is 17.3 Å². The molecular formula is C21H22N4O. The number of anilines is 3. The van der Waals surface area contributed by atoms with E-state index in [1.54, 1.807) is 0 Å². The van der Waals surface area contributed by atoms with Gasteiger partial charge < -0.3 is 15.7 Å². The molecule has 3 N–H and O–H groups in total. The monoisotopic (exact) mass is 346 g/mol. The Morgan fingerprint density at radius 3 is 2.23 bits per heavy atom. The second kappa shape index (κ2) is 7.54. The normalized spacial score (nSPS) is 19.3. The molecule has 2 aromatic carbocycles. The fourth-order valence-corrected chi connectivity index (χ4v) is 3.27. The molecule has 1 unspecified atom stereocenters. The van der Waals surface area contributed by atoms with Gasteiger partial charge in [0.1, 0.15) is 11.6 Å². The molecule has 1 heterocycles. The summed E-state index contributed by atoms with van der Waals surface area (Å²) >= 11 is 0. The summed E-state index contributed by atoms with van der Waals surface area (Å²) in [7, 11) is 0. The number of aliphatic hydroxyl groups excluding tert-OH is 1. The molecule has 1 aromatic heterocycles. The number of nitrogens with one attached hydrogen (secondary N) is 2. The predicted octanol–water partition coefficient (Wildman–Crippen LogP) is 4.21. The number of aliphatic hydroxyl groups is 1. The van der Waals surface area contributed by atoms with Crippen LogP contribution in [0, 0.1) is 0 Å². The molecule has 3 aromatic rings. The minimum Gasteiger partial charge on any atom is -0.391 e. The van der Waals surface area contributed by atoms with Gasteiger partial charge in [0.05, 0.1) is 12.1 Å². The highest BCUT2D eigenvalue weighted by molar-refractivity contribution is 5.65. The highest BCUT2D eigenvalue weighted by atomic mass is 16.3. The quantitative estimate of drug-likeness (QED) is 0.645. The van der Waals surface area contributed by atoms with Gasteiger partial charge in [-0.3, -0.25) is 0 Å². The van der Waals surface area contributed by atoms with Crippen LogP contribution >= 0.6 is 0 Å². The Balaban J connectivity index is 1.67. The molecule has 1 saturated carbocycles. The topological polar surface area (TPSA) is 70.1 Å². The van der Waals surface area contributed by atoms with Crippen molar-refractivity contribution < 1.29 is 5.11 Å². The molecule has 0 radical (unpaired) electrons. The molecule has 5 nitrogen and oxygen atoms in total. The Labute approximate surface area is 153 Å². The molecule has 0 bridgehead atoms. The Morgan fingerprint density at radius 2 is 1.54 bits per heavy atom. The lowest BCUT2D eigenvalue weighted by molar-refractivity contribution is 0.171. The fraction of sp³-hybridized carbons (Fsp3) is 0.238. The van der Waals surface area contributed by atoms with Crippen molar-refractivity contribution in [3.05, 3.63) is 66.7 Å². The highest BCUT2D eigenvalue weighted by Gasteiger charge is 2.25. The summed E-state index contributed by atoms with van der Waals surface area (Å²) < 4.78 is 0. The zero-order valence-electron chi connectivity index (χ0n) is 14.5. The van der Waals surface area contributed by atoms with Crippen LogP contribution in [0.2, 0.25) is 0 Å². The second-order valence-corrected chi connectivity index (χ2v) is 6.57. The summed E-state index contributed by atoms with van der Waals surface area (Å²) in [5.74, 6) is 2.10. The Hall–Kier alpha value is -2.92. The van der Waals surface area contributed by atoms with Crippen molar-refractivity contribution in [1.82, 2.24) is 9.97 Å². The van der Waals surface area contributed by atoms with E-state index in [0.717, 1.165) is 42.1 Å². The molecule has 0 spiro atoms.